The average Bonchev–Trinajstić information content (AvgIpc) is 2.39. The van der Waals surface area contributed by atoms with Crippen LogP contribution in [0.15, 0.2) is 59.4 Å². The highest BCUT2D eigenvalue weighted by Gasteiger charge is 2.03. The van der Waals surface area contributed by atoms with Crippen LogP contribution in [0.25, 0.3) is 22.0 Å². The summed E-state index contributed by atoms with van der Waals surface area (Å²) in [4.78, 5) is 14.7. The number of benzene rings is 2. The molecule has 2 aromatic carbocycles. The molecular formula is C15H10FNO. The largest absolute Gasteiger partial charge is 0.321 e. The summed E-state index contributed by atoms with van der Waals surface area (Å²) in [5, 5.41) is 1.53. The lowest BCUT2D eigenvalue weighted by Crippen LogP contribution is -2.06. The van der Waals surface area contributed by atoms with Crippen LogP contribution in [0.3, 0.4) is 0 Å². The number of hydrogen-bond donors (Lipinski definition) is 1. The molecule has 0 aliphatic rings. The van der Waals surface area contributed by atoms with Crippen molar-refractivity contribution in [1.82, 2.24) is 4.98 Å². The van der Waals surface area contributed by atoms with Gasteiger partial charge in [0.2, 0.25) is 0 Å². The quantitative estimate of drug-likeness (QED) is 0.694. The van der Waals surface area contributed by atoms with Gasteiger partial charge in [-0.25, -0.2) is 4.39 Å². The first-order valence-electron chi connectivity index (χ1n) is 5.62. The Morgan fingerprint density at radius 2 is 1.67 bits per heavy atom. The van der Waals surface area contributed by atoms with Gasteiger partial charge in [0.05, 0.1) is 0 Å². The maximum absolute atomic E-state index is 12.9. The second-order valence-corrected chi connectivity index (χ2v) is 4.11. The minimum Gasteiger partial charge on any atom is -0.321 e. The molecular weight excluding hydrogens is 229 g/mol. The molecule has 1 aromatic heterocycles. The second kappa shape index (κ2) is 4.11. The SMILES string of the molecule is O=c1[nH]c(-c2ccc(F)cc2)cc2ccccc12. The molecule has 3 heteroatoms. The van der Waals surface area contributed by atoms with Crippen LogP contribution in [-0.2, 0) is 0 Å². The number of hydrogen-bond acceptors (Lipinski definition) is 1. The van der Waals surface area contributed by atoms with E-state index < -0.39 is 0 Å². The fourth-order valence-corrected chi connectivity index (χ4v) is 2.00. The van der Waals surface area contributed by atoms with Crippen LogP contribution in [0.1, 0.15) is 0 Å². The molecule has 0 spiro atoms. The Hall–Kier alpha value is -2.42. The molecule has 0 aliphatic carbocycles. The molecule has 0 unspecified atom stereocenters. The van der Waals surface area contributed by atoms with Crippen molar-refractivity contribution < 1.29 is 4.39 Å². The first-order valence-corrected chi connectivity index (χ1v) is 5.62. The average molecular weight is 239 g/mol. The summed E-state index contributed by atoms with van der Waals surface area (Å²) in [6.07, 6.45) is 0. The van der Waals surface area contributed by atoms with Gasteiger partial charge in [0, 0.05) is 11.1 Å². The molecule has 0 atom stereocenters. The highest BCUT2D eigenvalue weighted by atomic mass is 19.1. The number of H-pyrrole nitrogens is 1. The van der Waals surface area contributed by atoms with E-state index in [2.05, 4.69) is 4.98 Å². The number of fused-ring (bicyclic) bond motifs is 1. The normalized spacial score (nSPS) is 10.7. The summed E-state index contributed by atoms with van der Waals surface area (Å²) in [5.41, 5.74) is 1.35. The summed E-state index contributed by atoms with van der Waals surface area (Å²) >= 11 is 0. The van der Waals surface area contributed by atoms with Gasteiger partial charge in [-0.05, 0) is 47.3 Å². The van der Waals surface area contributed by atoms with Crippen molar-refractivity contribution in [3.63, 3.8) is 0 Å². The summed E-state index contributed by atoms with van der Waals surface area (Å²) in [5.74, 6) is -0.290. The Balaban J connectivity index is 2.24. The van der Waals surface area contributed by atoms with Crippen LogP contribution < -0.4 is 5.56 Å². The van der Waals surface area contributed by atoms with Crippen LogP contribution in [0, 0.1) is 5.82 Å². The van der Waals surface area contributed by atoms with E-state index in [9.17, 15) is 9.18 Å². The zero-order chi connectivity index (χ0) is 12.5. The topological polar surface area (TPSA) is 32.9 Å². The van der Waals surface area contributed by atoms with E-state index in [4.69, 9.17) is 0 Å². The number of aromatic amines is 1. The smallest absolute Gasteiger partial charge is 0.256 e. The van der Waals surface area contributed by atoms with E-state index in [0.717, 1.165) is 10.9 Å². The van der Waals surface area contributed by atoms with E-state index in [-0.39, 0.29) is 11.4 Å². The van der Waals surface area contributed by atoms with Crippen molar-refractivity contribution in [2.75, 3.05) is 0 Å². The number of halogens is 1. The Morgan fingerprint density at radius 1 is 0.944 bits per heavy atom. The minimum absolute atomic E-state index is 0.132. The molecule has 3 aromatic rings. The van der Waals surface area contributed by atoms with Crippen molar-refractivity contribution in [2.45, 2.75) is 0 Å². The summed E-state index contributed by atoms with van der Waals surface area (Å²) in [7, 11) is 0. The first-order chi connectivity index (χ1) is 8.74. The molecule has 1 heterocycles. The van der Waals surface area contributed by atoms with Gasteiger partial charge in [0.15, 0.2) is 0 Å². The molecule has 0 fully saturated rings. The van der Waals surface area contributed by atoms with Crippen molar-refractivity contribution in [1.29, 1.82) is 0 Å². The summed E-state index contributed by atoms with van der Waals surface area (Å²) in [6, 6.07) is 15.3. The van der Waals surface area contributed by atoms with Gasteiger partial charge in [0.25, 0.3) is 5.56 Å². The Morgan fingerprint density at radius 3 is 2.44 bits per heavy atom. The van der Waals surface area contributed by atoms with E-state index in [1.807, 2.05) is 24.3 Å². The Labute approximate surface area is 103 Å². The van der Waals surface area contributed by atoms with Crippen molar-refractivity contribution in [3.05, 3.63) is 70.8 Å². The van der Waals surface area contributed by atoms with Crippen LogP contribution >= 0.6 is 0 Å². The van der Waals surface area contributed by atoms with Gasteiger partial charge in [-0.1, -0.05) is 18.2 Å². The molecule has 3 rings (SSSR count). The predicted octanol–water partition coefficient (Wildman–Crippen LogP) is 3.33. The molecule has 88 valence electrons. The standard InChI is InChI=1S/C15H10FNO/c16-12-7-5-10(6-8-12)14-9-11-3-1-2-4-13(11)15(18)17-14/h1-9H,(H,17,18). The summed E-state index contributed by atoms with van der Waals surface area (Å²) < 4.78 is 12.9. The molecule has 2 nitrogen and oxygen atoms in total. The van der Waals surface area contributed by atoms with Crippen LogP contribution in [-0.4, -0.2) is 4.98 Å². The van der Waals surface area contributed by atoms with Crippen molar-refractivity contribution in [3.8, 4) is 11.3 Å². The van der Waals surface area contributed by atoms with Crippen LogP contribution in [0.4, 0.5) is 4.39 Å². The lowest BCUT2D eigenvalue weighted by molar-refractivity contribution is 0.628. The lowest BCUT2D eigenvalue weighted by atomic mass is 10.1. The summed E-state index contributed by atoms with van der Waals surface area (Å²) in [6.45, 7) is 0. The van der Waals surface area contributed by atoms with E-state index >= 15 is 0 Å². The molecule has 0 saturated heterocycles. The molecule has 1 N–H and O–H groups in total. The maximum atomic E-state index is 12.9. The molecule has 18 heavy (non-hydrogen) atoms. The highest BCUT2D eigenvalue weighted by Crippen LogP contribution is 2.19. The third-order valence-corrected chi connectivity index (χ3v) is 2.91. The highest BCUT2D eigenvalue weighted by molar-refractivity contribution is 5.84. The van der Waals surface area contributed by atoms with Crippen molar-refractivity contribution >= 4 is 10.8 Å². The number of aromatic nitrogens is 1. The predicted molar refractivity (Wildman–Crippen MR) is 70.0 cm³/mol. The Bertz CT molecular complexity index is 759. The molecule has 0 radical (unpaired) electrons. The number of nitrogens with one attached hydrogen (secondary N) is 1. The van der Waals surface area contributed by atoms with Crippen LogP contribution in [0.2, 0.25) is 0 Å². The van der Waals surface area contributed by atoms with Gasteiger partial charge in [-0.15, -0.1) is 0 Å². The zero-order valence-corrected chi connectivity index (χ0v) is 9.48. The molecule has 0 amide bonds. The fourth-order valence-electron chi connectivity index (χ4n) is 2.00. The van der Waals surface area contributed by atoms with E-state index in [1.165, 1.54) is 12.1 Å². The number of pyridine rings is 1. The lowest BCUT2D eigenvalue weighted by Gasteiger charge is -2.03. The second-order valence-electron chi connectivity index (χ2n) is 4.11. The molecule has 0 aliphatic heterocycles. The van der Waals surface area contributed by atoms with Gasteiger partial charge >= 0.3 is 0 Å². The third-order valence-electron chi connectivity index (χ3n) is 2.91. The fraction of sp³-hybridized carbons (Fsp3) is 0. The van der Waals surface area contributed by atoms with Crippen molar-refractivity contribution in [2.24, 2.45) is 0 Å². The van der Waals surface area contributed by atoms with E-state index in [1.54, 1.807) is 18.2 Å². The number of rotatable bonds is 1. The van der Waals surface area contributed by atoms with Gasteiger partial charge in [0.1, 0.15) is 5.82 Å². The Kier molecular flexibility index (Phi) is 2.45. The molecule has 0 saturated carbocycles. The maximum Gasteiger partial charge on any atom is 0.256 e. The van der Waals surface area contributed by atoms with Gasteiger partial charge in [-0.2, -0.15) is 0 Å². The first kappa shape index (κ1) is 10.7. The van der Waals surface area contributed by atoms with Gasteiger partial charge in [-0.3, -0.25) is 4.79 Å². The molecule has 0 bridgehead atoms. The monoisotopic (exact) mass is 239 g/mol. The third kappa shape index (κ3) is 1.80. The minimum atomic E-state index is -0.290. The zero-order valence-electron chi connectivity index (χ0n) is 9.48. The van der Waals surface area contributed by atoms with E-state index in [0.29, 0.717) is 11.1 Å². The van der Waals surface area contributed by atoms with Gasteiger partial charge < -0.3 is 4.98 Å². The van der Waals surface area contributed by atoms with Crippen LogP contribution in [0.5, 0.6) is 0 Å².